The summed E-state index contributed by atoms with van der Waals surface area (Å²) in [7, 11) is 0. The van der Waals surface area contributed by atoms with Crippen LogP contribution in [0.25, 0.3) is 0 Å². The van der Waals surface area contributed by atoms with Crippen LogP contribution in [0.5, 0.6) is 5.75 Å². The Morgan fingerprint density at radius 2 is 2.04 bits per heavy atom. The van der Waals surface area contributed by atoms with E-state index in [9.17, 15) is 19.1 Å². The number of nitrogens with one attached hydrogen (secondary N) is 1. The lowest BCUT2D eigenvalue weighted by atomic mass is 9.95. The molecule has 2 aromatic rings. The van der Waals surface area contributed by atoms with Gasteiger partial charge in [-0.3, -0.25) is 4.79 Å². The van der Waals surface area contributed by atoms with E-state index >= 15 is 0 Å². The van der Waals surface area contributed by atoms with E-state index in [-0.39, 0.29) is 6.61 Å². The van der Waals surface area contributed by atoms with Gasteiger partial charge in [0.25, 0.3) is 0 Å². The van der Waals surface area contributed by atoms with Crippen LogP contribution in [0, 0.1) is 18.7 Å². The number of carboxylic acid groups (broad SMARTS) is 1. The molecule has 2 unspecified atom stereocenters. The van der Waals surface area contributed by atoms with Gasteiger partial charge >= 0.3 is 5.97 Å². The Bertz CT molecular complexity index is 821. The maximum atomic E-state index is 13.4. The summed E-state index contributed by atoms with van der Waals surface area (Å²) in [4.78, 5) is 24.1. The molecule has 1 amide bonds. The van der Waals surface area contributed by atoms with Gasteiger partial charge in [0, 0.05) is 0 Å². The highest BCUT2D eigenvalue weighted by atomic mass is 19.1. The van der Waals surface area contributed by atoms with Crippen molar-refractivity contribution in [1.29, 1.82) is 0 Å². The van der Waals surface area contributed by atoms with Crippen LogP contribution in [-0.4, -0.2) is 23.6 Å². The standard InChI is InChI=1S/C19H18FNO4/c1-11-8-13(6-7-15(11)20)17(19(23)24)21-18(22)14-9-12-4-2-3-5-16(12)25-10-14/h2-8,14,17H,9-10H2,1H3,(H,21,22)(H,23,24). The van der Waals surface area contributed by atoms with Gasteiger partial charge in [0.1, 0.15) is 18.2 Å². The van der Waals surface area contributed by atoms with Gasteiger partial charge < -0.3 is 15.2 Å². The molecule has 0 spiro atoms. The third-order valence-corrected chi connectivity index (χ3v) is 4.30. The molecule has 5 nitrogen and oxygen atoms in total. The summed E-state index contributed by atoms with van der Waals surface area (Å²) in [6.45, 7) is 1.74. The van der Waals surface area contributed by atoms with Crippen LogP contribution in [0.4, 0.5) is 4.39 Å². The van der Waals surface area contributed by atoms with Gasteiger partial charge in [0.2, 0.25) is 5.91 Å². The number of carbonyl (C=O) groups excluding carboxylic acids is 1. The van der Waals surface area contributed by atoms with E-state index in [1.54, 1.807) is 6.92 Å². The van der Waals surface area contributed by atoms with Gasteiger partial charge in [-0.25, -0.2) is 9.18 Å². The fraction of sp³-hybridized carbons (Fsp3) is 0.263. The molecular formula is C19H18FNO4. The number of ether oxygens (including phenoxy) is 1. The van der Waals surface area contributed by atoms with Crippen molar-refractivity contribution < 1.29 is 23.8 Å². The maximum Gasteiger partial charge on any atom is 0.330 e. The van der Waals surface area contributed by atoms with Crippen LogP contribution in [0.3, 0.4) is 0 Å². The van der Waals surface area contributed by atoms with E-state index in [1.807, 2.05) is 24.3 Å². The third kappa shape index (κ3) is 3.63. The number of fused-ring (bicyclic) bond motifs is 1. The molecule has 2 N–H and O–H groups in total. The molecule has 6 heteroatoms. The molecule has 1 heterocycles. The van der Waals surface area contributed by atoms with Crippen LogP contribution >= 0.6 is 0 Å². The molecular weight excluding hydrogens is 325 g/mol. The molecule has 1 aliphatic rings. The Morgan fingerprint density at radius 1 is 1.28 bits per heavy atom. The number of rotatable bonds is 4. The van der Waals surface area contributed by atoms with Crippen LogP contribution in [0.15, 0.2) is 42.5 Å². The lowest BCUT2D eigenvalue weighted by molar-refractivity contribution is -0.143. The molecule has 130 valence electrons. The number of aliphatic carboxylic acids is 1. The molecule has 0 fully saturated rings. The Balaban J connectivity index is 1.75. The van der Waals surface area contributed by atoms with Gasteiger partial charge in [-0.05, 0) is 42.2 Å². The molecule has 2 aromatic carbocycles. The first-order chi connectivity index (χ1) is 12.0. The number of aryl methyl sites for hydroxylation is 1. The third-order valence-electron chi connectivity index (χ3n) is 4.30. The molecule has 0 saturated carbocycles. The van der Waals surface area contributed by atoms with Crippen LogP contribution in [-0.2, 0) is 16.0 Å². The summed E-state index contributed by atoms with van der Waals surface area (Å²) in [6, 6.07) is 10.2. The Morgan fingerprint density at radius 3 is 2.76 bits per heavy atom. The predicted molar refractivity (Wildman–Crippen MR) is 88.8 cm³/mol. The van der Waals surface area contributed by atoms with Crippen molar-refractivity contribution in [2.45, 2.75) is 19.4 Å². The number of hydrogen-bond donors (Lipinski definition) is 2. The molecule has 0 saturated heterocycles. The molecule has 0 aliphatic carbocycles. The average Bonchev–Trinajstić information content (AvgIpc) is 2.61. The topological polar surface area (TPSA) is 75.6 Å². The second-order valence-corrected chi connectivity index (χ2v) is 6.11. The monoisotopic (exact) mass is 343 g/mol. The van der Waals surface area contributed by atoms with E-state index < -0.39 is 29.7 Å². The lowest BCUT2D eigenvalue weighted by Gasteiger charge is -2.26. The zero-order chi connectivity index (χ0) is 18.0. The van der Waals surface area contributed by atoms with Crippen LogP contribution in [0.1, 0.15) is 22.7 Å². The van der Waals surface area contributed by atoms with Gasteiger partial charge in [0.15, 0.2) is 6.04 Å². The predicted octanol–water partition coefficient (Wildman–Crippen LogP) is 2.63. The Hall–Kier alpha value is -2.89. The summed E-state index contributed by atoms with van der Waals surface area (Å²) >= 11 is 0. The number of para-hydroxylation sites is 1. The smallest absolute Gasteiger partial charge is 0.330 e. The zero-order valence-electron chi connectivity index (χ0n) is 13.7. The maximum absolute atomic E-state index is 13.4. The highest BCUT2D eigenvalue weighted by molar-refractivity contribution is 5.86. The van der Waals surface area contributed by atoms with E-state index in [1.165, 1.54) is 18.2 Å². The summed E-state index contributed by atoms with van der Waals surface area (Å²) in [5, 5.41) is 12.0. The first kappa shape index (κ1) is 17.0. The molecule has 0 radical (unpaired) electrons. The summed E-state index contributed by atoms with van der Waals surface area (Å²) in [5.74, 6) is -1.74. The number of amides is 1. The van der Waals surface area contributed by atoms with Crippen molar-refractivity contribution in [2.75, 3.05) is 6.61 Å². The van der Waals surface area contributed by atoms with E-state index in [0.717, 1.165) is 11.3 Å². The quantitative estimate of drug-likeness (QED) is 0.895. The first-order valence-corrected chi connectivity index (χ1v) is 7.95. The van der Waals surface area contributed by atoms with Gasteiger partial charge in [0.05, 0.1) is 5.92 Å². The first-order valence-electron chi connectivity index (χ1n) is 7.95. The Kier molecular flexibility index (Phi) is 4.70. The second kappa shape index (κ2) is 6.93. The second-order valence-electron chi connectivity index (χ2n) is 6.11. The minimum absolute atomic E-state index is 0.192. The molecule has 3 rings (SSSR count). The van der Waals surface area contributed by atoms with Crippen molar-refractivity contribution in [2.24, 2.45) is 5.92 Å². The normalized spacial score (nSPS) is 17.1. The average molecular weight is 343 g/mol. The molecule has 1 aliphatic heterocycles. The summed E-state index contributed by atoms with van der Waals surface area (Å²) in [6.07, 6.45) is 0.483. The SMILES string of the molecule is Cc1cc(C(NC(=O)C2COc3ccccc3C2)C(=O)O)ccc1F. The number of carbonyl (C=O) groups is 2. The fourth-order valence-corrected chi connectivity index (χ4v) is 2.89. The summed E-state index contributed by atoms with van der Waals surface area (Å²) in [5.41, 5.74) is 1.57. The minimum Gasteiger partial charge on any atom is -0.492 e. The van der Waals surface area contributed by atoms with Crippen molar-refractivity contribution in [1.82, 2.24) is 5.32 Å². The summed E-state index contributed by atoms with van der Waals surface area (Å²) < 4.78 is 19.0. The molecule has 0 bridgehead atoms. The molecule has 2 atom stereocenters. The van der Waals surface area contributed by atoms with E-state index in [2.05, 4.69) is 5.32 Å². The van der Waals surface area contributed by atoms with Gasteiger partial charge in [-0.1, -0.05) is 30.3 Å². The Labute approximate surface area is 144 Å². The number of hydrogen-bond acceptors (Lipinski definition) is 3. The fourth-order valence-electron chi connectivity index (χ4n) is 2.89. The highest BCUT2D eigenvalue weighted by Gasteiger charge is 2.30. The van der Waals surface area contributed by atoms with Gasteiger partial charge in [-0.2, -0.15) is 0 Å². The van der Waals surface area contributed by atoms with E-state index in [4.69, 9.17) is 4.74 Å². The van der Waals surface area contributed by atoms with Crippen molar-refractivity contribution >= 4 is 11.9 Å². The van der Waals surface area contributed by atoms with Crippen LogP contribution in [0.2, 0.25) is 0 Å². The molecule has 25 heavy (non-hydrogen) atoms. The van der Waals surface area contributed by atoms with Gasteiger partial charge in [-0.15, -0.1) is 0 Å². The number of benzene rings is 2. The van der Waals surface area contributed by atoms with Crippen LogP contribution < -0.4 is 10.1 Å². The minimum atomic E-state index is -1.23. The zero-order valence-corrected chi connectivity index (χ0v) is 13.7. The van der Waals surface area contributed by atoms with Crippen molar-refractivity contribution in [3.8, 4) is 5.75 Å². The largest absolute Gasteiger partial charge is 0.492 e. The molecule has 0 aromatic heterocycles. The lowest BCUT2D eigenvalue weighted by Crippen LogP contribution is -2.41. The van der Waals surface area contributed by atoms with Crippen molar-refractivity contribution in [3.63, 3.8) is 0 Å². The number of carboxylic acids is 1. The van der Waals surface area contributed by atoms with E-state index in [0.29, 0.717) is 17.5 Å². The highest BCUT2D eigenvalue weighted by Crippen LogP contribution is 2.27. The number of halogens is 1. The van der Waals surface area contributed by atoms with Crippen molar-refractivity contribution in [3.05, 3.63) is 65.0 Å².